The molecule has 2 aromatic rings. The fraction of sp³-hybridized carbons (Fsp3) is 0.629. The lowest BCUT2D eigenvalue weighted by atomic mass is 9.55. The first-order valence-electron chi connectivity index (χ1n) is 30.6. The van der Waals surface area contributed by atoms with E-state index in [9.17, 15) is 53.2 Å². The molecule has 17 N–H and O–H groups in total. The van der Waals surface area contributed by atoms with Crippen LogP contribution in [0.15, 0.2) is 67.8 Å². The molecule has 2 saturated heterocycles. The zero-order chi connectivity index (χ0) is 66.7. The van der Waals surface area contributed by atoms with Crippen LogP contribution in [0.2, 0.25) is 0 Å². The number of nitrogens with two attached hydrogens (primary N) is 6. The maximum Gasteiger partial charge on any atom is 0.472 e. The zero-order valence-electron chi connectivity index (χ0n) is 53.3. The molecule has 1 aromatic carbocycles. The smallest absolute Gasteiger partial charge is 0.394 e. The maximum atomic E-state index is 14.4. The number of allylic oxidation sites excluding steroid dienone is 6. The molecular formula is C62H90N13O14P. The van der Waals surface area contributed by atoms with Gasteiger partial charge in [0, 0.05) is 131 Å². The van der Waals surface area contributed by atoms with Gasteiger partial charge in [-0.3, -0.25) is 57.6 Å². The quantitative estimate of drug-likeness (QED) is 0.0603. The summed E-state index contributed by atoms with van der Waals surface area (Å²) in [5.74, 6) is -7.18. The Balaban J connectivity index is 1.19. The topological polar surface area (TPSA) is 460 Å². The molecule has 15 atom stereocenters. The van der Waals surface area contributed by atoms with Gasteiger partial charge >= 0.3 is 7.82 Å². The van der Waals surface area contributed by atoms with Crippen molar-refractivity contribution in [3.05, 3.63) is 63.9 Å². The van der Waals surface area contributed by atoms with Gasteiger partial charge in [-0.1, -0.05) is 34.6 Å². The number of primary amides is 6. The van der Waals surface area contributed by atoms with E-state index in [4.69, 9.17) is 63.2 Å². The number of phosphoric ester groups is 1. The largest absolute Gasteiger partial charge is 0.472 e. The number of aryl methyl sites for hydroxylation is 2. The van der Waals surface area contributed by atoms with Crippen molar-refractivity contribution < 1.29 is 67.0 Å². The van der Waals surface area contributed by atoms with Crippen molar-refractivity contribution in [3.63, 3.8) is 0 Å². The molecule has 492 valence electrons. The van der Waals surface area contributed by atoms with Crippen molar-refractivity contribution in [2.45, 2.75) is 189 Å². The fourth-order valence-corrected chi connectivity index (χ4v) is 16.6. The number of fused-ring (bicyclic) bond motifs is 7. The Bertz CT molecular complexity index is 3540. The molecule has 8 rings (SSSR count). The van der Waals surface area contributed by atoms with Gasteiger partial charge in [0.25, 0.3) is 0 Å². The van der Waals surface area contributed by atoms with E-state index in [1.54, 1.807) is 4.57 Å². The number of carbonyl (C=O) groups excluding carboxylic acids is 7. The summed E-state index contributed by atoms with van der Waals surface area (Å²) in [5.41, 5.74) is 37.4. The molecule has 28 heteroatoms. The van der Waals surface area contributed by atoms with Crippen LogP contribution in [-0.2, 0) is 51.9 Å². The van der Waals surface area contributed by atoms with Crippen LogP contribution in [0, 0.1) is 59.2 Å². The van der Waals surface area contributed by atoms with Crippen LogP contribution in [0.5, 0.6) is 0 Å². The number of phosphoric acid groups is 1. The van der Waals surface area contributed by atoms with Crippen LogP contribution in [-0.4, -0.2) is 132 Å². The third kappa shape index (κ3) is 13.0. The molecular weight excluding hydrogens is 1180 g/mol. The van der Waals surface area contributed by atoms with Crippen molar-refractivity contribution in [1.82, 2.24) is 20.2 Å². The number of aromatic nitrogens is 2. The minimum atomic E-state index is -5.07. The van der Waals surface area contributed by atoms with Crippen LogP contribution in [0.3, 0.4) is 0 Å². The molecule has 1 unspecified atom stereocenters. The van der Waals surface area contributed by atoms with E-state index in [2.05, 4.69) is 15.6 Å². The highest BCUT2D eigenvalue weighted by Crippen LogP contribution is 2.63. The third-order valence-corrected chi connectivity index (χ3v) is 21.7. The number of nitrogens with one attached hydrogen (secondary N) is 2. The summed E-state index contributed by atoms with van der Waals surface area (Å²) in [6.45, 7) is 19.3. The molecule has 0 saturated carbocycles. The predicted molar refractivity (Wildman–Crippen MR) is 334 cm³/mol. The molecule has 90 heavy (non-hydrogen) atoms. The number of nitrogens with zero attached hydrogens (tertiary/aromatic N) is 5. The minimum absolute atomic E-state index is 0.0114. The Labute approximate surface area is 523 Å². The molecule has 27 nitrogen and oxygen atoms in total. The second-order valence-corrected chi connectivity index (χ2v) is 28.4. The van der Waals surface area contributed by atoms with E-state index in [0.29, 0.717) is 56.4 Å². The van der Waals surface area contributed by atoms with Crippen molar-refractivity contribution in [2.24, 2.45) is 94.7 Å². The van der Waals surface area contributed by atoms with Crippen molar-refractivity contribution >= 4 is 77.3 Å². The second-order valence-electron chi connectivity index (χ2n) is 27.1. The Kier molecular flexibility index (Phi) is 19.6. The van der Waals surface area contributed by atoms with Gasteiger partial charge in [0.05, 0.1) is 41.7 Å². The van der Waals surface area contributed by atoms with E-state index >= 15 is 0 Å². The van der Waals surface area contributed by atoms with Crippen molar-refractivity contribution in [2.75, 3.05) is 13.2 Å². The predicted octanol–water partition coefficient (Wildman–Crippen LogP) is 3.16. The van der Waals surface area contributed by atoms with Gasteiger partial charge in [0.1, 0.15) is 18.3 Å². The van der Waals surface area contributed by atoms with Gasteiger partial charge in [-0.15, -0.1) is 0 Å². The van der Waals surface area contributed by atoms with Gasteiger partial charge in [0.15, 0.2) is 6.23 Å². The van der Waals surface area contributed by atoms with Crippen LogP contribution in [0.25, 0.3) is 11.0 Å². The van der Waals surface area contributed by atoms with Gasteiger partial charge in [-0.05, 0) is 108 Å². The first kappa shape index (κ1) is 68.9. The maximum absolute atomic E-state index is 14.4. The summed E-state index contributed by atoms with van der Waals surface area (Å²) >= 11 is 0. The van der Waals surface area contributed by atoms with Gasteiger partial charge in [0.2, 0.25) is 41.4 Å². The van der Waals surface area contributed by atoms with Gasteiger partial charge < -0.3 is 69.4 Å². The summed E-state index contributed by atoms with van der Waals surface area (Å²) in [6.07, 6.45) is -4.26. The highest BCUT2D eigenvalue weighted by Gasteiger charge is 2.66. The van der Waals surface area contributed by atoms with Crippen LogP contribution < -0.4 is 45.0 Å². The number of aliphatic hydroxyl groups excluding tert-OH is 2. The molecule has 6 aliphatic rings. The zero-order valence-corrected chi connectivity index (χ0v) is 54.1. The molecule has 7 heterocycles. The molecule has 1 aromatic heterocycles. The molecule has 7 amide bonds. The summed E-state index contributed by atoms with van der Waals surface area (Å²) in [4.78, 5) is 126. The fourth-order valence-electron chi connectivity index (χ4n) is 15.4. The number of aliphatic hydroxyl groups is 2. The first-order chi connectivity index (χ1) is 41.8. The van der Waals surface area contributed by atoms with E-state index in [0.717, 1.165) is 11.1 Å². The Morgan fingerprint density at radius 3 is 1.99 bits per heavy atom. The molecule has 0 aliphatic carbocycles. The lowest BCUT2D eigenvalue weighted by Gasteiger charge is -2.48. The number of aliphatic imine (C=N–C) groups is 3. The number of benzene rings is 1. The molecule has 8 bridgehead atoms. The first-order valence-corrected chi connectivity index (χ1v) is 32.1. The average molecular weight is 1270 g/mol. The van der Waals surface area contributed by atoms with Crippen molar-refractivity contribution in [1.29, 1.82) is 0 Å². The molecule has 2 fully saturated rings. The summed E-state index contributed by atoms with van der Waals surface area (Å²) in [5, 5.41) is 28.2. The van der Waals surface area contributed by atoms with Crippen molar-refractivity contribution in [3.8, 4) is 0 Å². The number of carbonyl (C=O) groups is 7. The van der Waals surface area contributed by atoms with Crippen LogP contribution >= 0.6 is 7.82 Å². The summed E-state index contributed by atoms with van der Waals surface area (Å²) in [6, 6.07) is 2.70. The number of amides is 7. The number of rotatable bonds is 26. The van der Waals surface area contributed by atoms with E-state index in [1.165, 1.54) is 13.3 Å². The monoisotopic (exact) mass is 1270 g/mol. The van der Waals surface area contributed by atoms with Gasteiger partial charge in [-0.2, -0.15) is 0 Å². The Morgan fingerprint density at radius 1 is 0.800 bits per heavy atom. The third-order valence-electron chi connectivity index (χ3n) is 20.6. The molecule has 0 radical (unpaired) electrons. The normalized spacial score (nSPS) is 32.8. The lowest BCUT2D eigenvalue weighted by molar-refractivity contribution is -0.124. The number of imidazole rings is 1. The number of hydrogen-bond donors (Lipinski definition) is 11. The Hall–Kier alpha value is -7.00. The Morgan fingerprint density at radius 2 is 1.40 bits per heavy atom. The standard InChI is InChI=1S/C62H90N13O14P/c1-29-20-39-40(21-30(29)2)75(28-70-39)57-52(84)53(41(27-76)87-57)89-90(85,86)88-31(3)26-69-49(83)18-19-59(8)37(22-46(66)80)56-62(11)61(10,25-48(68)82)36(14-17-45(65)79)51(74-62)33(5)55-60(9,24-47(67)81)34(12-15-43(63)77)38(71-55)23-42-58(6,7)35(13-16-44(64)78)50(72-42)32(4)54(59)73-56/h20-21,23,28,31,34-37,41,52-53,56-57,71,76,84H,12-19,22,24-27H2,1-11H3,(H2,63,77)(H2,64,78)(H2,65,79)(H2,66,80)(H2,67,81)(H2,68,82)(H,69,83)(H,85,86)/b38-23?,50-32?,55-33-/t31-,34+,35+,36+,37-,41+,52+,53+,56+,57-,59+,60-,61-,62-/m0/s1. The SMILES string of the molecule is CC1=C2N=C(C=C3N/C(=C(/C)C4=N[C@@](C)([C@@H]5N=C1[C@](C)(CCC(=O)NC[C@H](C)OP(=O)(O)O[C@H]1[C@@H](O)[C@@H](n6cnc7cc(C)c(C)cc76)O[C@@H]1CO)[C@H]5CC(N)=O)[C@@](C)(CC(N)=O)[C@@H]4CCC(N)=O)[C@@](C)(CC(N)=O)[C@@H]3CCC(N)=O)C(C)(C)[C@@H]2CCC(N)=O. The highest BCUT2D eigenvalue weighted by atomic mass is 31.2. The lowest BCUT2D eigenvalue weighted by Crippen LogP contribution is -2.56. The second kappa shape index (κ2) is 25.6. The van der Waals surface area contributed by atoms with Crippen LogP contribution in [0.4, 0.5) is 0 Å². The average Bonchev–Trinajstić information content (AvgIpc) is 1.53. The van der Waals surface area contributed by atoms with E-state index in [-0.39, 0.29) is 77.2 Å². The summed E-state index contributed by atoms with van der Waals surface area (Å²) < 4.78 is 32.3. The number of ether oxygens (including phenoxy) is 1. The highest BCUT2D eigenvalue weighted by molar-refractivity contribution is 7.47. The van der Waals surface area contributed by atoms with E-state index in [1.807, 2.05) is 87.4 Å². The molecule has 6 aliphatic heterocycles. The van der Waals surface area contributed by atoms with Gasteiger partial charge in [-0.25, -0.2) is 9.55 Å². The minimum Gasteiger partial charge on any atom is -0.394 e. The van der Waals surface area contributed by atoms with E-state index < -0.39 is 143 Å². The summed E-state index contributed by atoms with van der Waals surface area (Å²) in [7, 11) is -5.07. The molecule has 0 spiro atoms. The number of hydrogen-bond acceptors (Lipinski definition) is 18. The van der Waals surface area contributed by atoms with Crippen LogP contribution in [0.1, 0.15) is 150 Å².